The second-order valence-corrected chi connectivity index (χ2v) is 6.19. The lowest BCUT2D eigenvalue weighted by Crippen LogP contribution is -2.39. The van der Waals surface area contributed by atoms with Gasteiger partial charge < -0.3 is 25.0 Å². The van der Waals surface area contributed by atoms with E-state index < -0.39 is 0 Å². The van der Waals surface area contributed by atoms with Crippen molar-refractivity contribution in [3.8, 4) is 5.75 Å². The molecule has 0 aliphatic heterocycles. The summed E-state index contributed by atoms with van der Waals surface area (Å²) in [5.41, 5.74) is 1.09. The molecule has 0 atom stereocenters. The van der Waals surface area contributed by atoms with Gasteiger partial charge in [-0.3, -0.25) is 4.99 Å². The monoisotopic (exact) mass is 370 g/mol. The topological polar surface area (TPSA) is 58.1 Å². The molecule has 0 radical (unpaired) electrons. The van der Waals surface area contributed by atoms with Crippen molar-refractivity contribution in [2.24, 2.45) is 4.99 Å². The minimum Gasteiger partial charge on any atom is -0.497 e. The molecule has 6 nitrogen and oxygen atoms in total. The number of nitrogens with one attached hydrogen (secondary N) is 2. The summed E-state index contributed by atoms with van der Waals surface area (Å²) in [5, 5.41) is 7.36. The van der Waals surface area contributed by atoms with Crippen molar-refractivity contribution < 1.29 is 9.47 Å². The normalized spacial score (nSPS) is 11.7. The standard InChI is InChI=1S/C18H31ClN4O2/c1-20-18(21-9-5-11-23(2)12-13-24-3)22-10-8-15-6-7-16(25-4)14-17(15)19/h6-7,14H,5,8-13H2,1-4H3,(H2,20,21,22). The molecule has 1 aromatic rings. The summed E-state index contributed by atoms with van der Waals surface area (Å²) in [7, 11) is 7.24. The number of aliphatic imine (C=N–C) groups is 1. The lowest BCUT2D eigenvalue weighted by Gasteiger charge is -2.17. The van der Waals surface area contributed by atoms with Crippen molar-refractivity contribution in [1.29, 1.82) is 0 Å². The fourth-order valence-electron chi connectivity index (χ4n) is 2.31. The van der Waals surface area contributed by atoms with Crippen molar-refractivity contribution in [1.82, 2.24) is 15.5 Å². The van der Waals surface area contributed by atoms with Crippen LogP contribution in [0.1, 0.15) is 12.0 Å². The van der Waals surface area contributed by atoms with Crippen LogP contribution >= 0.6 is 11.6 Å². The van der Waals surface area contributed by atoms with Crippen molar-refractivity contribution in [3.63, 3.8) is 0 Å². The number of halogens is 1. The average molecular weight is 371 g/mol. The second-order valence-electron chi connectivity index (χ2n) is 5.78. The Kier molecular flexibility index (Phi) is 11.0. The molecule has 0 spiro atoms. The molecule has 1 aromatic carbocycles. The number of rotatable bonds is 11. The summed E-state index contributed by atoms with van der Waals surface area (Å²) < 4.78 is 10.2. The fourth-order valence-corrected chi connectivity index (χ4v) is 2.57. The van der Waals surface area contributed by atoms with E-state index in [0.29, 0.717) is 0 Å². The first-order chi connectivity index (χ1) is 12.1. The quantitative estimate of drug-likeness (QED) is 0.354. The molecule has 142 valence electrons. The van der Waals surface area contributed by atoms with Crippen LogP contribution in [0.4, 0.5) is 0 Å². The zero-order valence-corrected chi connectivity index (χ0v) is 16.5. The van der Waals surface area contributed by atoms with Gasteiger partial charge >= 0.3 is 0 Å². The van der Waals surface area contributed by atoms with Gasteiger partial charge in [-0.25, -0.2) is 0 Å². The summed E-state index contributed by atoms with van der Waals surface area (Å²) in [4.78, 5) is 6.50. The number of nitrogens with zero attached hydrogens (tertiary/aromatic N) is 2. The van der Waals surface area contributed by atoms with Crippen molar-refractivity contribution >= 4 is 17.6 Å². The highest BCUT2D eigenvalue weighted by Crippen LogP contribution is 2.22. The number of likely N-dealkylation sites (N-methyl/N-ethyl adjacent to an activating group) is 1. The number of hydrogen-bond acceptors (Lipinski definition) is 4. The van der Waals surface area contributed by atoms with E-state index in [1.807, 2.05) is 18.2 Å². The molecule has 25 heavy (non-hydrogen) atoms. The Morgan fingerprint density at radius 1 is 1.20 bits per heavy atom. The van der Waals surface area contributed by atoms with Crippen LogP contribution in [0, 0.1) is 0 Å². The highest BCUT2D eigenvalue weighted by atomic mass is 35.5. The molecule has 0 bridgehead atoms. The summed E-state index contributed by atoms with van der Waals surface area (Å²) in [5.74, 6) is 1.58. The first kappa shape index (κ1) is 21.5. The smallest absolute Gasteiger partial charge is 0.190 e. The Morgan fingerprint density at radius 3 is 2.60 bits per heavy atom. The van der Waals surface area contributed by atoms with E-state index >= 15 is 0 Å². The second kappa shape index (κ2) is 12.8. The van der Waals surface area contributed by atoms with Crippen LogP contribution in [0.3, 0.4) is 0 Å². The van der Waals surface area contributed by atoms with Crippen molar-refractivity contribution in [3.05, 3.63) is 28.8 Å². The van der Waals surface area contributed by atoms with Gasteiger partial charge in [0.2, 0.25) is 0 Å². The Hall–Kier alpha value is -1.50. The Morgan fingerprint density at radius 2 is 1.96 bits per heavy atom. The van der Waals surface area contributed by atoms with Crippen LogP contribution in [0.2, 0.25) is 5.02 Å². The summed E-state index contributed by atoms with van der Waals surface area (Å²) in [6, 6.07) is 5.76. The number of benzene rings is 1. The molecule has 0 heterocycles. The first-order valence-corrected chi connectivity index (χ1v) is 8.93. The molecule has 0 fully saturated rings. The Bertz CT molecular complexity index is 526. The molecule has 0 aliphatic rings. The van der Waals surface area contributed by atoms with Crippen LogP contribution < -0.4 is 15.4 Å². The molecule has 0 aliphatic carbocycles. The number of hydrogen-bond donors (Lipinski definition) is 2. The van der Waals surface area contributed by atoms with Gasteiger partial charge in [-0.05, 0) is 44.1 Å². The Labute approximate surface area is 156 Å². The number of methoxy groups -OCH3 is 2. The van der Waals surface area contributed by atoms with Gasteiger partial charge in [-0.1, -0.05) is 17.7 Å². The summed E-state index contributed by atoms with van der Waals surface area (Å²) in [6.07, 6.45) is 1.87. The third-order valence-electron chi connectivity index (χ3n) is 3.86. The maximum atomic E-state index is 6.26. The van der Waals surface area contributed by atoms with Gasteiger partial charge in [-0.2, -0.15) is 0 Å². The van der Waals surface area contributed by atoms with Gasteiger partial charge in [-0.15, -0.1) is 0 Å². The molecule has 1 rings (SSSR count). The van der Waals surface area contributed by atoms with Crippen LogP contribution in [-0.2, 0) is 11.2 Å². The van der Waals surface area contributed by atoms with Gasteiger partial charge in [0.15, 0.2) is 5.96 Å². The van der Waals surface area contributed by atoms with E-state index in [2.05, 4.69) is 27.6 Å². The minimum atomic E-state index is 0.725. The van der Waals surface area contributed by atoms with Gasteiger partial charge in [0.25, 0.3) is 0 Å². The maximum Gasteiger partial charge on any atom is 0.190 e. The minimum absolute atomic E-state index is 0.725. The molecular formula is C18H31ClN4O2. The van der Waals surface area contributed by atoms with Crippen molar-refractivity contribution in [2.75, 3.05) is 61.1 Å². The maximum absolute atomic E-state index is 6.26. The predicted molar refractivity (Wildman–Crippen MR) is 105 cm³/mol. The molecular weight excluding hydrogens is 340 g/mol. The predicted octanol–water partition coefficient (Wildman–Crippen LogP) is 2.02. The zero-order chi connectivity index (χ0) is 18.5. The lowest BCUT2D eigenvalue weighted by molar-refractivity contribution is 0.161. The first-order valence-electron chi connectivity index (χ1n) is 8.55. The van der Waals surface area contributed by atoms with Crippen LogP contribution in [0.25, 0.3) is 0 Å². The van der Waals surface area contributed by atoms with Crippen molar-refractivity contribution in [2.45, 2.75) is 12.8 Å². The van der Waals surface area contributed by atoms with Crippen LogP contribution in [0.5, 0.6) is 5.75 Å². The zero-order valence-electron chi connectivity index (χ0n) is 15.8. The van der Waals surface area contributed by atoms with Gasteiger partial charge in [0.1, 0.15) is 5.75 Å². The molecule has 7 heteroatoms. The van der Waals surface area contributed by atoms with E-state index in [9.17, 15) is 0 Å². The molecule has 0 saturated heterocycles. The van der Waals surface area contributed by atoms with E-state index in [1.54, 1.807) is 21.3 Å². The number of guanidine groups is 1. The highest BCUT2D eigenvalue weighted by Gasteiger charge is 2.04. The third kappa shape index (κ3) is 8.95. The third-order valence-corrected chi connectivity index (χ3v) is 4.21. The molecule has 0 amide bonds. The average Bonchev–Trinajstić information content (AvgIpc) is 2.62. The van der Waals surface area contributed by atoms with Gasteiger partial charge in [0, 0.05) is 38.8 Å². The molecule has 0 unspecified atom stereocenters. The molecule has 0 saturated carbocycles. The lowest BCUT2D eigenvalue weighted by atomic mass is 10.1. The fraction of sp³-hybridized carbons (Fsp3) is 0.611. The molecule has 0 aromatic heterocycles. The van der Waals surface area contributed by atoms with E-state index in [4.69, 9.17) is 21.1 Å². The largest absolute Gasteiger partial charge is 0.497 e. The summed E-state index contributed by atoms with van der Waals surface area (Å²) >= 11 is 6.26. The highest BCUT2D eigenvalue weighted by molar-refractivity contribution is 6.31. The van der Waals surface area contributed by atoms with Crippen LogP contribution in [-0.4, -0.2) is 72.0 Å². The van der Waals surface area contributed by atoms with E-state index in [0.717, 1.165) is 67.9 Å². The van der Waals surface area contributed by atoms with E-state index in [-0.39, 0.29) is 0 Å². The Balaban J connectivity index is 2.24. The van der Waals surface area contributed by atoms with Gasteiger partial charge in [0.05, 0.1) is 13.7 Å². The van der Waals surface area contributed by atoms with E-state index in [1.165, 1.54) is 0 Å². The number of ether oxygens (including phenoxy) is 2. The summed E-state index contributed by atoms with van der Waals surface area (Å²) in [6.45, 7) is 4.38. The molecule has 2 N–H and O–H groups in total. The SMILES string of the molecule is CN=C(NCCCN(C)CCOC)NCCc1ccc(OC)cc1Cl. The van der Waals surface area contributed by atoms with Crippen LogP contribution in [0.15, 0.2) is 23.2 Å².